The van der Waals surface area contributed by atoms with Gasteiger partial charge in [0, 0.05) is 0 Å². The van der Waals surface area contributed by atoms with Crippen LogP contribution in [-0.4, -0.2) is 108 Å². The van der Waals surface area contributed by atoms with E-state index >= 15 is 0 Å². The van der Waals surface area contributed by atoms with Crippen LogP contribution in [0, 0.1) is 0 Å². The van der Waals surface area contributed by atoms with Crippen molar-refractivity contribution < 1.29 is 67.4 Å². The van der Waals surface area contributed by atoms with Crippen LogP contribution in [0.5, 0.6) is 11.5 Å². The Hall–Kier alpha value is -2.40. The number of quaternary nitrogens is 2. The maximum Gasteiger partial charge on any atom is 0.463 e. The molecule has 0 bridgehead atoms. The molecular formula is C20H34N2O14S4. The molecule has 0 spiro atoms. The number of hydrogen-bond donors (Lipinski definition) is 0. The Balaban J connectivity index is 0. The van der Waals surface area contributed by atoms with Gasteiger partial charge >= 0.3 is 20.8 Å². The summed E-state index contributed by atoms with van der Waals surface area (Å²) in [4.78, 5) is 0. The SMILES string of the molecule is C[N+](C)(C)C.C[N+](C)(C)C.O=S(=O)([O-])OS(=O)(=O)Oc1ccccc1.O=S(=O)([O-])OS(=O)(=O)Oc1ccccc1. The highest BCUT2D eigenvalue weighted by Gasteiger charge is 2.18. The monoisotopic (exact) mass is 654 g/mol. The first-order chi connectivity index (χ1) is 17.6. The molecule has 0 aliphatic carbocycles. The third-order valence-electron chi connectivity index (χ3n) is 2.22. The van der Waals surface area contributed by atoms with Crippen LogP contribution in [-0.2, 0) is 48.9 Å². The number of benzene rings is 2. The van der Waals surface area contributed by atoms with E-state index in [1.165, 1.54) is 48.5 Å². The summed E-state index contributed by atoms with van der Waals surface area (Å²) in [6.45, 7) is 0. The molecule has 0 amide bonds. The zero-order chi connectivity index (χ0) is 32.1. The van der Waals surface area contributed by atoms with Crippen LogP contribution in [0.25, 0.3) is 0 Å². The highest BCUT2D eigenvalue weighted by molar-refractivity contribution is 7.95. The summed E-state index contributed by atoms with van der Waals surface area (Å²) < 4.78 is 120. The molecule has 0 atom stereocenters. The minimum atomic E-state index is -5.36. The van der Waals surface area contributed by atoms with E-state index < -0.39 is 41.6 Å². The molecule has 0 unspecified atom stereocenters. The lowest BCUT2D eigenvalue weighted by molar-refractivity contribution is -0.849. The van der Waals surface area contributed by atoms with Crippen molar-refractivity contribution in [2.75, 3.05) is 56.4 Å². The summed E-state index contributed by atoms with van der Waals surface area (Å²) in [7, 11) is -3.52. The number of nitrogens with zero attached hydrogens (tertiary/aromatic N) is 2. The standard InChI is InChI=1S/2C6H6O7S2.2C4H12N/c2*7-14(8,9)13-15(10,11)12-6-4-2-1-3-5-6;2*1-5(2,3)4/h2*1-5H,(H,7,8,9);2*1-4H3/q;;2*+1/p-2. The van der Waals surface area contributed by atoms with E-state index in [9.17, 15) is 42.8 Å². The Labute approximate surface area is 237 Å². The van der Waals surface area contributed by atoms with Gasteiger partial charge in [-0.15, -0.1) is 7.26 Å². The van der Waals surface area contributed by atoms with Gasteiger partial charge in [-0.2, -0.15) is 16.8 Å². The average Bonchev–Trinajstić information content (AvgIpc) is 2.62. The van der Waals surface area contributed by atoms with Crippen molar-refractivity contribution in [3.8, 4) is 11.5 Å². The predicted molar refractivity (Wildman–Crippen MR) is 141 cm³/mol. The maximum atomic E-state index is 10.8. The predicted octanol–water partition coefficient (Wildman–Crippen LogP) is 0.219. The van der Waals surface area contributed by atoms with Crippen molar-refractivity contribution >= 4 is 41.6 Å². The third kappa shape index (κ3) is 33.6. The maximum absolute atomic E-state index is 10.8. The number of hydrogen-bond acceptors (Lipinski definition) is 14. The van der Waals surface area contributed by atoms with Gasteiger partial charge in [-0.05, 0) is 24.3 Å². The molecule has 0 saturated carbocycles. The van der Waals surface area contributed by atoms with E-state index in [4.69, 9.17) is 0 Å². The van der Waals surface area contributed by atoms with E-state index in [1.807, 2.05) is 0 Å². The topological polar surface area (TPSA) is 220 Å². The summed E-state index contributed by atoms with van der Waals surface area (Å²) in [6, 6.07) is 14.0. The molecular weight excluding hydrogens is 620 g/mol. The molecule has 40 heavy (non-hydrogen) atoms. The van der Waals surface area contributed by atoms with E-state index in [0.29, 0.717) is 0 Å². The molecule has 0 aromatic heterocycles. The smallest absolute Gasteiger partial charge is 0.463 e. The molecule has 232 valence electrons. The highest BCUT2D eigenvalue weighted by atomic mass is 32.3. The summed E-state index contributed by atoms with van der Waals surface area (Å²) >= 11 is 0. The molecule has 0 N–H and O–H groups in total. The van der Waals surface area contributed by atoms with E-state index in [0.717, 1.165) is 8.97 Å². The van der Waals surface area contributed by atoms with Gasteiger partial charge in [0.1, 0.15) is 11.5 Å². The van der Waals surface area contributed by atoms with E-state index in [1.54, 1.807) is 12.1 Å². The summed E-state index contributed by atoms with van der Waals surface area (Å²) in [5.74, 6) is -0.331. The van der Waals surface area contributed by atoms with Crippen molar-refractivity contribution in [1.29, 1.82) is 0 Å². The zero-order valence-electron chi connectivity index (χ0n) is 23.0. The van der Waals surface area contributed by atoms with Crippen molar-refractivity contribution in [3.05, 3.63) is 60.7 Å². The van der Waals surface area contributed by atoms with Crippen LogP contribution in [0.2, 0.25) is 0 Å². The summed E-state index contributed by atoms with van der Waals surface area (Å²) in [6.07, 6.45) is 0. The van der Waals surface area contributed by atoms with Gasteiger partial charge in [0.05, 0.1) is 56.4 Å². The fourth-order valence-corrected chi connectivity index (χ4v) is 3.97. The molecule has 0 saturated heterocycles. The molecule has 2 aromatic carbocycles. The van der Waals surface area contributed by atoms with Crippen molar-refractivity contribution in [2.24, 2.45) is 0 Å². The quantitative estimate of drug-likeness (QED) is 0.211. The van der Waals surface area contributed by atoms with Gasteiger partial charge in [-0.3, -0.25) is 0 Å². The molecule has 2 rings (SSSR count). The molecule has 0 radical (unpaired) electrons. The summed E-state index contributed by atoms with van der Waals surface area (Å²) in [5.41, 5.74) is 0. The molecule has 0 aliphatic heterocycles. The van der Waals surface area contributed by atoms with Gasteiger partial charge in [-0.1, -0.05) is 36.4 Å². The minimum absolute atomic E-state index is 0.166. The first-order valence-electron chi connectivity index (χ1n) is 10.5. The van der Waals surface area contributed by atoms with Crippen LogP contribution in [0.1, 0.15) is 0 Å². The first-order valence-corrected chi connectivity index (χ1v) is 15.8. The lowest BCUT2D eigenvalue weighted by Crippen LogP contribution is -2.27. The molecule has 2 aromatic rings. The van der Waals surface area contributed by atoms with Crippen LogP contribution >= 0.6 is 0 Å². The minimum Gasteiger partial charge on any atom is -0.725 e. The lowest BCUT2D eigenvalue weighted by Gasteiger charge is -2.14. The Morgan fingerprint density at radius 1 is 0.475 bits per heavy atom. The van der Waals surface area contributed by atoms with Crippen molar-refractivity contribution in [3.63, 3.8) is 0 Å². The van der Waals surface area contributed by atoms with Crippen LogP contribution in [0.3, 0.4) is 0 Å². The first kappa shape index (κ1) is 39.7. The molecule has 0 fully saturated rings. The van der Waals surface area contributed by atoms with E-state index in [-0.39, 0.29) is 11.5 Å². The Kier molecular flexibility index (Phi) is 16.0. The van der Waals surface area contributed by atoms with Gasteiger partial charge < -0.3 is 26.4 Å². The second kappa shape index (κ2) is 16.1. The fourth-order valence-electron chi connectivity index (χ4n) is 1.42. The number of para-hydroxylation sites is 2. The highest BCUT2D eigenvalue weighted by Crippen LogP contribution is 2.14. The lowest BCUT2D eigenvalue weighted by atomic mass is 10.3. The third-order valence-corrected chi connectivity index (χ3v) is 5.68. The largest absolute Gasteiger partial charge is 0.725 e. The Bertz CT molecular complexity index is 1310. The normalized spacial score (nSPS) is 12.2. The van der Waals surface area contributed by atoms with Crippen LogP contribution in [0.4, 0.5) is 0 Å². The van der Waals surface area contributed by atoms with Crippen LogP contribution < -0.4 is 8.37 Å². The summed E-state index contributed by atoms with van der Waals surface area (Å²) in [5, 5.41) is 0. The fraction of sp³-hybridized carbons (Fsp3) is 0.400. The molecule has 20 heteroatoms. The van der Waals surface area contributed by atoms with E-state index in [2.05, 4.69) is 72.0 Å². The van der Waals surface area contributed by atoms with Crippen molar-refractivity contribution in [2.45, 2.75) is 0 Å². The number of rotatable bonds is 8. The van der Waals surface area contributed by atoms with Gasteiger partial charge in [-0.25, -0.2) is 16.8 Å². The molecule has 0 heterocycles. The second-order valence-electron chi connectivity index (χ2n) is 9.93. The second-order valence-corrected chi connectivity index (χ2v) is 14.6. The van der Waals surface area contributed by atoms with Crippen molar-refractivity contribution in [1.82, 2.24) is 0 Å². The zero-order valence-corrected chi connectivity index (χ0v) is 26.3. The van der Waals surface area contributed by atoms with Gasteiger partial charge in [0.25, 0.3) is 0 Å². The molecule has 16 nitrogen and oxygen atoms in total. The van der Waals surface area contributed by atoms with Gasteiger partial charge in [0.2, 0.25) is 20.8 Å². The molecule has 0 aliphatic rings. The Morgan fingerprint density at radius 2 is 0.675 bits per heavy atom. The average molecular weight is 655 g/mol. The van der Waals surface area contributed by atoms with Gasteiger partial charge in [0.15, 0.2) is 0 Å². The van der Waals surface area contributed by atoms with Crippen LogP contribution in [0.15, 0.2) is 60.7 Å². The Morgan fingerprint density at radius 3 is 0.850 bits per heavy atom.